The molecule has 4 atom stereocenters. The molecule has 0 saturated carbocycles. The fraction of sp³-hybridized carbons (Fsp3) is 0.303. The highest BCUT2D eigenvalue weighted by atomic mass is 16.4. The zero-order valence-electron chi connectivity index (χ0n) is 25.3. The van der Waals surface area contributed by atoms with Crippen LogP contribution in [0.25, 0.3) is 0 Å². The molecule has 3 amide bonds. The van der Waals surface area contributed by atoms with E-state index in [2.05, 4.69) is 20.9 Å². The minimum Gasteiger partial charge on any atom is -0.508 e. The Morgan fingerprint density at radius 3 is 1.61 bits per heavy atom. The molecule has 13 heteroatoms. The molecule has 3 rings (SSSR count). The second-order valence-corrected chi connectivity index (χ2v) is 10.8. The second-order valence-electron chi connectivity index (χ2n) is 10.8. The molecule has 0 aliphatic rings. The van der Waals surface area contributed by atoms with Gasteiger partial charge in [-0.2, -0.15) is 0 Å². The number of benzene rings is 3. The average molecular weight is 632 g/mol. The van der Waals surface area contributed by atoms with Crippen molar-refractivity contribution in [3.05, 3.63) is 102 Å². The van der Waals surface area contributed by atoms with Gasteiger partial charge in [-0.15, -0.1) is 0 Å². The van der Waals surface area contributed by atoms with Crippen LogP contribution in [-0.2, 0) is 38.4 Å². The number of guanidine groups is 1. The lowest BCUT2D eigenvalue weighted by Crippen LogP contribution is -2.58. The highest BCUT2D eigenvalue weighted by molar-refractivity contribution is 5.94. The Labute approximate surface area is 267 Å². The number of phenolic OH excluding ortho intramolecular Hbond substituents is 1. The van der Waals surface area contributed by atoms with Crippen molar-refractivity contribution >= 4 is 29.7 Å². The Bertz CT molecular complexity index is 1460. The number of hydrogen-bond donors (Lipinski definition) is 8. The van der Waals surface area contributed by atoms with Crippen molar-refractivity contribution in [3.8, 4) is 5.75 Å². The van der Waals surface area contributed by atoms with Gasteiger partial charge in [0, 0.05) is 19.4 Å². The van der Waals surface area contributed by atoms with Crippen molar-refractivity contribution in [3.63, 3.8) is 0 Å². The summed E-state index contributed by atoms with van der Waals surface area (Å²) < 4.78 is 0. The van der Waals surface area contributed by atoms with E-state index in [0.717, 1.165) is 11.1 Å². The average Bonchev–Trinajstić information content (AvgIpc) is 3.03. The van der Waals surface area contributed by atoms with E-state index in [1.807, 2.05) is 36.4 Å². The van der Waals surface area contributed by atoms with Crippen LogP contribution in [0.1, 0.15) is 29.5 Å². The summed E-state index contributed by atoms with van der Waals surface area (Å²) in [5.41, 5.74) is 19.0. The lowest BCUT2D eigenvalue weighted by atomic mass is 10.0. The molecular formula is C33H41N7O6. The monoisotopic (exact) mass is 631 g/mol. The smallest absolute Gasteiger partial charge is 0.326 e. The molecule has 244 valence electrons. The van der Waals surface area contributed by atoms with Gasteiger partial charge in [0.1, 0.15) is 23.9 Å². The highest BCUT2D eigenvalue weighted by Crippen LogP contribution is 2.13. The first-order chi connectivity index (χ1) is 22.0. The largest absolute Gasteiger partial charge is 0.508 e. The molecule has 13 nitrogen and oxygen atoms in total. The van der Waals surface area contributed by atoms with E-state index in [1.54, 1.807) is 36.4 Å². The van der Waals surface area contributed by atoms with Crippen molar-refractivity contribution in [2.45, 2.75) is 56.3 Å². The van der Waals surface area contributed by atoms with Crippen molar-refractivity contribution in [2.24, 2.45) is 22.2 Å². The van der Waals surface area contributed by atoms with Crippen LogP contribution < -0.4 is 33.2 Å². The number of rotatable bonds is 17. The first-order valence-electron chi connectivity index (χ1n) is 14.8. The highest BCUT2D eigenvalue weighted by Gasteiger charge is 2.31. The topological polar surface area (TPSA) is 235 Å². The number of carbonyl (C=O) groups is 4. The Morgan fingerprint density at radius 2 is 1.11 bits per heavy atom. The van der Waals surface area contributed by atoms with Crippen LogP contribution in [0.3, 0.4) is 0 Å². The quantitative estimate of drug-likeness (QED) is 0.0582. The van der Waals surface area contributed by atoms with Crippen LogP contribution in [0.5, 0.6) is 5.75 Å². The third-order valence-electron chi connectivity index (χ3n) is 7.12. The molecule has 46 heavy (non-hydrogen) atoms. The van der Waals surface area contributed by atoms with Crippen LogP contribution in [0.15, 0.2) is 89.9 Å². The second kappa shape index (κ2) is 17.8. The number of aromatic hydroxyl groups is 1. The summed E-state index contributed by atoms with van der Waals surface area (Å²) in [6.45, 7) is 0.170. The van der Waals surface area contributed by atoms with Gasteiger partial charge in [0.15, 0.2) is 5.96 Å². The third kappa shape index (κ3) is 11.9. The van der Waals surface area contributed by atoms with Gasteiger partial charge in [0.05, 0.1) is 6.04 Å². The molecule has 0 heterocycles. The van der Waals surface area contributed by atoms with Gasteiger partial charge >= 0.3 is 5.97 Å². The van der Waals surface area contributed by atoms with Crippen molar-refractivity contribution < 1.29 is 29.4 Å². The molecule has 3 aromatic carbocycles. The Morgan fingerprint density at radius 1 is 0.652 bits per heavy atom. The third-order valence-corrected chi connectivity index (χ3v) is 7.12. The van der Waals surface area contributed by atoms with E-state index in [-0.39, 0.29) is 50.4 Å². The van der Waals surface area contributed by atoms with Gasteiger partial charge in [-0.3, -0.25) is 19.4 Å². The summed E-state index contributed by atoms with van der Waals surface area (Å²) >= 11 is 0. The van der Waals surface area contributed by atoms with Crippen LogP contribution in [0, 0.1) is 0 Å². The lowest BCUT2D eigenvalue weighted by Gasteiger charge is -2.25. The van der Waals surface area contributed by atoms with Crippen LogP contribution in [-0.4, -0.2) is 70.6 Å². The van der Waals surface area contributed by atoms with Crippen molar-refractivity contribution in [2.75, 3.05) is 6.54 Å². The number of aliphatic carboxylic acids is 1. The van der Waals surface area contributed by atoms with Gasteiger partial charge in [-0.1, -0.05) is 72.8 Å². The number of hydrogen-bond acceptors (Lipinski definition) is 7. The molecule has 0 aliphatic carbocycles. The number of nitrogens with two attached hydrogens (primary N) is 3. The molecule has 0 fully saturated rings. The zero-order chi connectivity index (χ0) is 33.5. The molecule has 0 bridgehead atoms. The van der Waals surface area contributed by atoms with E-state index >= 15 is 0 Å². The summed E-state index contributed by atoms with van der Waals surface area (Å²) in [7, 11) is 0. The number of carboxylic acids is 1. The standard InChI is InChI=1S/C33H41N7O6/c34-25(18-21-8-3-1-4-9-21)29(42)39-27(19-22-10-5-2-6-11-22)31(44)40-28(20-23-13-15-24(41)16-14-23)30(43)38-26(32(45)46)12-7-17-37-33(35)36/h1-6,8-11,13-16,25-28,41H,7,12,17-20,34H2,(H,38,43)(H,39,42)(H,40,44)(H,45,46)(H4,35,36,37)/t25-,26-,27-,28-/m0/s1. The molecule has 0 radical (unpaired) electrons. The minimum absolute atomic E-state index is 0.0120. The van der Waals surface area contributed by atoms with E-state index in [1.165, 1.54) is 12.1 Å². The molecule has 3 aromatic rings. The lowest BCUT2D eigenvalue weighted by molar-refractivity contribution is -0.142. The molecule has 0 saturated heterocycles. The molecular weight excluding hydrogens is 590 g/mol. The maximum absolute atomic E-state index is 13.8. The van der Waals surface area contributed by atoms with Gasteiger partial charge in [-0.05, 0) is 48.1 Å². The Balaban J connectivity index is 1.81. The van der Waals surface area contributed by atoms with Gasteiger partial charge < -0.3 is 43.4 Å². The fourth-order valence-electron chi connectivity index (χ4n) is 4.68. The predicted octanol–water partition coefficient (Wildman–Crippen LogP) is 0.340. The van der Waals surface area contributed by atoms with E-state index in [4.69, 9.17) is 17.2 Å². The number of nitrogens with zero attached hydrogens (tertiary/aromatic N) is 1. The zero-order valence-corrected chi connectivity index (χ0v) is 25.3. The van der Waals surface area contributed by atoms with Crippen LogP contribution >= 0.6 is 0 Å². The molecule has 0 aliphatic heterocycles. The van der Waals surface area contributed by atoms with Crippen molar-refractivity contribution in [1.29, 1.82) is 0 Å². The van der Waals surface area contributed by atoms with Crippen LogP contribution in [0.2, 0.25) is 0 Å². The Kier molecular flexibility index (Phi) is 13.5. The van der Waals surface area contributed by atoms with Gasteiger partial charge in [0.25, 0.3) is 0 Å². The summed E-state index contributed by atoms with van der Waals surface area (Å²) in [5, 5.41) is 27.4. The molecule has 0 unspecified atom stereocenters. The first kappa shape index (κ1) is 35.1. The fourth-order valence-corrected chi connectivity index (χ4v) is 4.68. The van der Waals surface area contributed by atoms with E-state index < -0.39 is 47.9 Å². The number of nitrogens with one attached hydrogen (secondary N) is 3. The number of carbonyl (C=O) groups excluding carboxylic acids is 3. The van der Waals surface area contributed by atoms with Gasteiger partial charge in [0.2, 0.25) is 17.7 Å². The van der Waals surface area contributed by atoms with E-state index in [0.29, 0.717) is 5.56 Å². The maximum atomic E-state index is 13.8. The number of carboxylic acid groups (broad SMARTS) is 1. The molecule has 0 aromatic heterocycles. The minimum atomic E-state index is -1.28. The SMILES string of the molecule is NC(N)=NCCC[C@H](NC(=O)[C@H](Cc1ccc(O)cc1)NC(=O)[C@H](Cc1ccccc1)NC(=O)[C@@H](N)Cc1ccccc1)C(=O)O. The Hall–Kier alpha value is -5.43. The van der Waals surface area contributed by atoms with Crippen molar-refractivity contribution in [1.82, 2.24) is 16.0 Å². The summed E-state index contributed by atoms with van der Waals surface area (Å²) in [5.74, 6) is -3.35. The van der Waals surface area contributed by atoms with E-state index in [9.17, 15) is 29.4 Å². The first-order valence-corrected chi connectivity index (χ1v) is 14.8. The summed E-state index contributed by atoms with van der Waals surface area (Å²) in [6.07, 6.45) is 0.630. The summed E-state index contributed by atoms with van der Waals surface area (Å²) in [4.78, 5) is 56.2. The maximum Gasteiger partial charge on any atom is 0.326 e. The number of phenols is 1. The molecule has 11 N–H and O–H groups in total. The summed E-state index contributed by atoms with van der Waals surface area (Å²) in [6, 6.07) is 19.7. The molecule has 0 spiro atoms. The normalized spacial score (nSPS) is 13.3. The van der Waals surface area contributed by atoms with Gasteiger partial charge in [-0.25, -0.2) is 4.79 Å². The van der Waals surface area contributed by atoms with Crippen LogP contribution in [0.4, 0.5) is 0 Å². The predicted molar refractivity (Wildman–Crippen MR) is 173 cm³/mol. The number of amides is 3. The number of aliphatic imine (C=N–C) groups is 1.